The average molecular weight is 271 g/mol. The van der Waals surface area contributed by atoms with Gasteiger partial charge in [0.25, 0.3) is 0 Å². The van der Waals surface area contributed by atoms with Gasteiger partial charge in [-0.1, -0.05) is 0 Å². The predicted molar refractivity (Wildman–Crippen MR) is 76.1 cm³/mol. The van der Waals surface area contributed by atoms with Gasteiger partial charge in [0, 0.05) is 13.1 Å². The Labute approximate surface area is 116 Å². The molecule has 0 N–H and O–H groups in total. The Morgan fingerprint density at radius 3 is 2.72 bits per heavy atom. The molecule has 2 fully saturated rings. The number of likely N-dealkylation sites (tertiary alicyclic amines) is 1. The highest BCUT2D eigenvalue weighted by atomic mass is 32.1. The van der Waals surface area contributed by atoms with Crippen LogP contribution in [0, 0.1) is 11.3 Å². The number of nitrogens with zero attached hydrogens (tertiary/aromatic N) is 1. The Morgan fingerprint density at radius 1 is 1.44 bits per heavy atom. The number of carbonyl (C=O) groups excluding carboxylic acids is 1. The van der Waals surface area contributed by atoms with Gasteiger partial charge >= 0.3 is 6.09 Å². The largest absolute Gasteiger partial charge is 0.444 e. The number of hydrogen-bond donors (Lipinski definition) is 1. The number of carbonyl (C=O) groups is 1. The van der Waals surface area contributed by atoms with E-state index in [0.29, 0.717) is 5.41 Å². The van der Waals surface area contributed by atoms with Gasteiger partial charge in [0.2, 0.25) is 0 Å². The van der Waals surface area contributed by atoms with Crippen LogP contribution in [0.25, 0.3) is 0 Å². The second-order valence-electron chi connectivity index (χ2n) is 6.94. The van der Waals surface area contributed by atoms with E-state index in [1.807, 2.05) is 25.7 Å². The highest BCUT2D eigenvalue weighted by Crippen LogP contribution is 2.48. The van der Waals surface area contributed by atoms with Gasteiger partial charge in [0.15, 0.2) is 0 Å². The fraction of sp³-hybridized carbons (Fsp3) is 0.929. The van der Waals surface area contributed by atoms with Gasteiger partial charge in [-0.25, -0.2) is 4.79 Å². The topological polar surface area (TPSA) is 29.5 Å². The molecule has 0 radical (unpaired) electrons. The maximum atomic E-state index is 12.0. The zero-order chi connectivity index (χ0) is 13.4. The van der Waals surface area contributed by atoms with Crippen molar-refractivity contribution in [3.63, 3.8) is 0 Å². The molecule has 1 aliphatic carbocycles. The Bertz CT molecular complexity index is 326. The molecule has 2 aliphatic rings. The zero-order valence-corrected chi connectivity index (χ0v) is 12.6. The molecule has 1 aliphatic heterocycles. The van der Waals surface area contributed by atoms with Gasteiger partial charge in [-0.3, -0.25) is 0 Å². The molecule has 0 aromatic rings. The van der Waals surface area contributed by atoms with Crippen LogP contribution in [-0.4, -0.2) is 35.4 Å². The Morgan fingerprint density at radius 2 is 2.17 bits per heavy atom. The number of rotatable bonds is 1. The summed E-state index contributed by atoms with van der Waals surface area (Å²) in [6, 6.07) is 0. The molecule has 1 heterocycles. The molecule has 1 saturated heterocycles. The Balaban J connectivity index is 1.91. The van der Waals surface area contributed by atoms with E-state index < -0.39 is 5.60 Å². The van der Waals surface area contributed by atoms with Crippen LogP contribution in [0.15, 0.2) is 0 Å². The van der Waals surface area contributed by atoms with Gasteiger partial charge in [-0.15, -0.1) is 0 Å². The van der Waals surface area contributed by atoms with E-state index >= 15 is 0 Å². The molecule has 1 amide bonds. The Kier molecular flexibility index (Phi) is 3.86. The van der Waals surface area contributed by atoms with Crippen molar-refractivity contribution < 1.29 is 9.53 Å². The molecule has 104 valence electrons. The quantitative estimate of drug-likeness (QED) is 0.741. The molecule has 3 nitrogen and oxygen atoms in total. The first-order valence-corrected chi connectivity index (χ1v) is 7.56. The summed E-state index contributed by atoms with van der Waals surface area (Å²) in [5, 5.41) is 0. The molecular weight excluding hydrogens is 246 g/mol. The normalized spacial score (nSPS) is 32.2. The fourth-order valence-corrected chi connectivity index (χ4v) is 3.58. The monoisotopic (exact) mass is 271 g/mol. The van der Waals surface area contributed by atoms with Gasteiger partial charge in [-0.2, -0.15) is 12.6 Å². The summed E-state index contributed by atoms with van der Waals surface area (Å²) in [4.78, 5) is 13.9. The van der Waals surface area contributed by atoms with Crippen molar-refractivity contribution >= 4 is 18.7 Å². The molecule has 18 heavy (non-hydrogen) atoms. The lowest BCUT2D eigenvalue weighted by atomic mass is 9.85. The minimum Gasteiger partial charge on any atom is -0.444 e. The number of ether oxygens (including phenoxy) is 1. The van der Waals surface area contributed by atoms with Crippen LogP contribution in [0.2, 0.25) is 0 Å². The van der Waals surface area contributed by atoms with E-state index in [0.717, 1.165) is 31.2 Å². The number of thiol groups is 1. The molecular formula is C14H25NO2S. The van der Waals surface area contributed by atoms with Crippen LogP contribution in [0.1, 0.15) is 46.5 Å². The molecule has 2 atom stereocenters. The average Bonchev–Trinajstić information content (AvgIpc) is 2.84. The highest BCUT2D eigenvalue weighted by molar-refractivity contribution is 7.80. The maximum absolute atomic E-state index is 12.0. The van der Waals surface area contributed by atoms with E-state index in [-0.39, 0.29) is 6.09 Å². The molecule has 0 bridgehead atoms. The summed E-state index contributed by atoms with van der Waals surface area (Å²) in [6.07, 6.45) is 4.74. The second-order valence-corrected chi connectivity index (χ2v) is 7.31. The second kappa shape index (κ2) is 4.95. The van der Waals surface area contributed by atoms with Crippen LogP contribution in [0.4, 0.5) is 4.79 Å². The predicted octanol–water partition coefficient (Wildman–Crippen LogP) is 3.34. The third kappa shape index (κ3) is 3.14. The van der Waals surface area contributed by atoms with Crippen LogP contribution in [0.3, 0.4) is 0 Å². The molecule has 0 aromatic heterocycles. The summed E-state index contributed by atoms with van der Waals surface area (Å²) in [6.45, 7) is 7.50. The SMILES string of the molecule is CC(C)(C)OC(=O)N1CC[C@@]2(CC[C@@H](CS)C2)C1. The van der Waals surface area contributed by atoms with Crippen molar-refractivity contribution in [2.75, 3.05) is 18.8 Å². The highest BCUT2D eigenvalue weighted by Gasteiger charge is 2.45. The first-order valence-electron chi connectivity index (χ1n) is 6.92. The molecule has 0 aromatic carbocycles. The molecule has 0 unspecified atom stereocenters. The lowest BCUT2D eigenvalue weighted by Crippen LogP contribution is -2.36. The van der Waals surface area contributed by atoms with E-state index in [9.17, 15) is 4.79 Å². The third-order valence-corrected chi connectivity index (χ3v) is 4.67. The van der Waals surface area contributed by atoms with Crippen molar-refractivity contribution in [1.82, 2.24) is 4.90 Å². The lowest BCUT2D eigenvalue weighted by molar-refractivity contribution is 0.0273. The Hall–Kier alpha value is -0.380. The first kappa shape index (κ1) is 14.0. The van der Waals surface area contributed by atoms with Crippen LogP contribution < -0.4 is 0 Å². The van der Waals surface area contributed by atoms with Gasteiger partial charge in [0.1, 0.15) is 5.60 Å². The van der Waals surface area contributed by atoms with Crippen LogP contribution in [0.5, 0.6) is 0 Å². The lowest BCUT2D eigenvalue weighted by Gasteiger charge is -2.27. The summed E-state index contributed by atoms with van der Waals surface area (Å²) in [5.41, 5.74) is -0.0273. The minimum atomic E-state index is -0.393. The summed E-state index contributed by atoms with van der Waals surface area (Å²) in [7, 11) is 0. The van der Waals surface area contributed by atoms with E-state index in [1.54, 1.807) is 0 Å². The number of amides is 1. The van der Waals surface area contributed by atoms with Crippen molar-refractivity contribution in [1.29, 1.82) is 0 Å². The van der Waals surface area contributed by atoms with E-state index in [1.165, 1.54) is 19.3 Å². The summed E-state index contributed by atoms with van der Waals surface area (Å²) >= 11 is 4.41. The van der Waals surface area contributed by atoms with Crippen LogP contribution in [-0.2, 0) is 4.74 Å². The van der Waals surface area contributed by atoms with Crippen molar-refractivity contribution in [2.24, 2.45) is 11.3 Å². The van der Waals surface area contributed by atoms with Gasteiger partial charge in [-0.05, 0) is 63.5 Å². The first-order chi connectivity index (χ1) is 8.34. The van der Waals surface area contributed by atoms with Crippen LogP contribution >= 0.6 is 12.6 Å². The van der Waals surface area contributed by atoms with Gasteiger partial charge in [0.05, 0.1) is 0 Å². The van der Waals surface area contributed by atoms with E-state index in [2.05, 4.69) is 12.6 Å². The molecule has 4 heteroatoms. The van der Waals surface area contributed by atoms with Crippen molar-refractivity contribution in [3.05, 3.63) is 0 Å². The summed E-state index contributed by atoms with van der Waals surface area (Å²) < 4.78 is 5.45. The van der Waals surface area contributed by atoms with Crippen molar-refractivity contribution in [3.8, 4) is 0 Å². The van der Waals surface area contributed by atoms with Gasteiger partial charge < -0.3 is 9.64 Å². The minimum absolute atomic E-state index is 0.145. The third-order valence-electron chi connectivity index (χ3n) is 4.15. The summed E-state index contributed by atoms with van der Waals surface area (Å²) in [5.74, 6) is 1.72. The fourth-order valence-electron chi connectivity index (χ4n) is 3.27. The smallest absolute Gasteiger partial charge is 0.410 e. The molecule has 1 spiro atoms. The number of hydrogen-bond acceptors (Lipinski definition) is 3. The molecule has 1 saturated carbocycles. The molecule has 2 rings (SSSR count). The van der Waals surface area contributed by atoms with E-state index in [4.69, 9.17) is 4.74 Å². The van der Waals surface area contributed by atoms with Crippen molar-refractivity contribution in [2.45, 2.75) is 52.1 Å². The maximum Gasteiger partial charge on any atom is 0.410 e. The standard InChI is InChI=1S/C14H25NO2S/c1-13(2,3)17-12(16)15-7-6-14(10-15)5-4-11(8-14)9-18/h11,18H,4-10H2,1-3H3/t11-,14-/m1/s1. The zero-order valence-electron chi connectivity index (χ0n) is 11.7.